The van der Waals surface area contributed by atoms with Crippen molar-refractivity contribution in [3.05, 3.63) is 119 Å². The van der Waals surface area contributed by atoms with Crippen molar-refractivity contribution in [2.45, 2.75) is 110 Å². The highest BCUT2D eigenvalue weighted by Gasteiger charge is 2.81. The van der Waals surface area contributed by atoms with Gasteiger partial charge in [0.15, 0.2) is 13.2 Å². The molecule has 4 aromatic carbocycles. The zero-order valence-corrected chi connectivity index (χ0v) is 42.2. The summed E-state index contributed by atoms with van der Waals surface area (Å²) >= 11 is 0. The molecule has 0 fully saturated rings. The van der Waals surface area contributed by atoms with Crippen LogP contribution in [0.15, 0.2) is 97.1 Å². The lowest BCUT2D eigenvalue weighted by Crippen LogP contribution is -2.64. The summed E-state index contributed by atoms with van der Waals surface area (Å²) in [5.74, 6) is -28.8. The zero-order valence-electron chi connectivity index (χ0n) is 42.2. The smallest absolute Gasteiger partial charge is 0.381 e. The fourth-order valence-corrected chi connectivity index (χ4v) is 7.43. The van der Waals surface area contributed by atoms with E-state index in [0.29, 0.717) is 11.5 Å². The highest BCUT2D eigenvalue weighted by atomic mass is 19.4. The van der Waals surface area contributed by atoms with Crippen molar-refractivity contribution in [2.75, 3.05) is 39.6 Å². The lowest BCUT2D eigenvalue weighted by Gasteiger charge is -2.36. The maximum absolute atomic E-state index is 13.6. The van der Waals surface area contributed by atoms with Crippen molar-refractivity contribution in [3.8, 4) is 22.6 Å². The second-order valence-corrected chi connectivity index (χ2v) is 17.9. The molecule has 0 aromatic heterocycles. The van der Waals surface area contributed by atoms with E-state index in [4.69, 9.17) is 18.9 Å². The van der Waals surface area contributed by atoms with Crippen molar-refractivity contribution in [2.24, 2.45) is 23.7 Å². The van der Waals surface area contributed by atoms with Crippen LogP contribution < -0.4 is 9.47 Å². The van der Waals surface area contributed by atoms with Crippen LogP contribution in [0.4, 0.5) is 35.1 Å². The summed E-state index contributed by atoms with van der Waals surface area (Å²) in [4.78, 5) is 46.5. The number of carbonyl (C=O) groups excluding carboxylic acids is 4. The van der Waals surface area contributed by atoms with E-state index in [1.54, 1.807) is 0 Å². The molecule has 0 saturated heterocycles. The van der Waals surface area contributed by atoms with Crippen LogP contribution in [-0.4, -0.2) is 87.2 Å². The van der Waals surface area contributed by atoms with Crippen LogP contribution in [0, 0.1) is 23.7 Å². The first-order valence-electron chi connectivity index (χ1n) is 24.2. The molecule has 0 heterocycles. The Hall–Kier alpha value is -6.20. The molecule has 73 heavy (non-hydrogen) atoms. The van der Waals surface area contributed by atoms with Crippen LogP contribution in [0.5, 0.6) is 11.5 Å². The number of esters is 4. The van der Waals surface area contributed by atoms with Gasteiger partial charge in [-0.15, -0.1) is 0 Å². The Balaban J connectivity index is 0.000000357. The van der Waals surface area contributed by atoms with Gasteiger partial charge in [0.25, 0.3) is 0 Å². The highest BCUT2D eigenvalue weighted by Crippen LogP contribution is 2.56. The van der Waals surface area contributed by atoms with Gasteiger partial charge in [0.1, 0.15) is 37.9 Å². The molecule has 0 saturated carbocycles. The third-order valence-corrected chi connectivity index (χ3v) is 12.9. The van der Waals surface area contributed by atoms with Gasteiger partial charge in [-0.3, -0.25) is 19.2 Å². The third-order valence-electron chi connectivity index (χ3n) is 12.9. The molecule has 0 N–H and O–H groups in total. The van der Waals surface area contributed by atoms with Gasteiger partial charge in [0.05, 0.1) is 29.1 Å². The maximum Gasteiger partial charge on any atom is 0.381 e. The monoisotopic (exact) mass is 1040 g/mol. The van der Waals surface area contributed by atoms with E-state index in [0.717, 1.165) is 24.0 Å². The lowest BCUT2D eigenvalue weighted by molar-refractivity contribution is -0.374. The quantitative estimate of drug-likeness (QED) is 0.0242. The summed E-state index contributed by atoms with van der Waals surface area (Å²) in [6.45, 7) is 8.90. The number of rotatable bonds is 25. The fraction of sp³-hybridized carbons (Fsp3) is 0.491. The Kier molecular flexibility index (Phi) is 20.9. The summed E-state index contributed by atoms with van der Waals surface area (Å²) in [6, 6.07) is 33.6. The van der Waals surface area contributed by atoms with Crippen LogP contribution in [-0.2, 0) is 43.5 Å². The van der Waals surface area contributed by atoms with Gasteiger partial charge < -0.3 is 28.4 Å². The Labute approximate surface area is 421 Å². The molecule has 0 aliphatic heterocycles. The first-order valence-corrected chi connectivity index (χ1v) is 24.2. The second kappa shape index (κ2) is 25.6. The van der Waals surface area contributed by atoms with E-state index in [1.807, 2.05) is 52.0 Å². The molecule has 4 aromatic rings. The van der Waals surface area contributed by atoms with Crippen molar-refractivity contribution in [1.82, 2.24) is 0 Å². The Morgan fingerprint density at radius 3 is 1.01 bits per heavy atom. The normalized spacial score (nSPS) is 14.7. The van der Waals surface area contributed by atoms with Crippen LogP contribution in [0.25, 0.3) is 11.1 Å². The average Bonchev–Trinajstić information content (AvgIpc) is 3.69. The van der Waals surface area contributed by atoms with Gasteiger partial charge in [-0.1, -0.05) is 128 Å². The molecule has 0 bridgehead atoms. The van der Waals surface area contributed by atoms with Crippen molar-refractivity contribution < 1.29 is 82.7 Å². The summed E-state index contributed by atoms with van der Waals surface area (Å²) in [7, 11) is 0. The molecular weight excluding hydrogens is 973 g/mol. The van der Waals surface area contributed by atoms with E-state index in [9.17, 15) is 54.3 Å². The van der Waals surface area contributed by atoms with E-state index in [1.165, 1.54) is 49.9 Å². The molecule has 4 unspecified atom stereocenters. The van der Waals surface area contributed by atoms with Crippen LogP contribution in [0.3, 0.4) is 0 Å². The summed E-state index contributed by atoms with van der Waals surface area (Å²) in [5, 5.41) is 0. The van der Waals surface area contributed by atoms with E-state index in [2.05, 4.69) is 82.3 Å². The lowest BCUT2D eigenvalue weighted by atomic mass is 9.68. The van der Waals surface area contributed by atoms with Gasteiger partial charge in [-0.2, -0.15) is 35.1 Å². The predicted octanol–water partition coefficient (Wildman–Crippen LogP) is 12.7. The van der Waals surface area contributed by atoms with E-state index in [-0.39, 0.29) is 63.0 Å². The average molecular weight is 1040 g/mol. The number of halogens is 8. The molecule has 18 heteroatoms. The highest BCUT2D eigenvalue weighted by molar-refractivity contribution is 5.86. The first kappa shape index (κ1) is 59.4. The van der Waals surface area contributed by atoms with Crippen LogP contribution in [0.1, 0.15) is 103 Å². The first-order chi connectivity index (χ1) is 34.4. The largest absolute Gasteiger partial charge is 0.490 e. The molecule has 1 aliphatic rings. The number of benzene rings is 4. The number of fused-ring (bicyclic) bond motifs is 3. The van der Waals surface area contributed by atoms with Gasteiger partial charge in [-0.25, -0.2) is 0 Å². The molecule has 0 radical (unpaired) electrons. The molecule has 0 amide bonds. The molecule has 4 atom stereocenters. The molecule has 10 nitrogen and oxygen atoms in total. The Bertz CT molecular complexity index is 2280. The number of alkyl halides is 8. The number of ether oxygens (including phenoxy) is 6. The SMILES string of the molecule is CCC(C)C(=O)OCC(F)(F)C(F)(F)C(F)(F)C(F)(F)COC(=O)C(C)CC.CCC(C)C(=O)OCCOc1ccc(C2(c3ccc(OCCOC(=O)C(C)CC)cc3)c3ccccc3-c3ccccc32)cc1. The molecule has 0 spiro atoms. The van der Waals surface area contributed by atoms with Gasteiger partial charge >= 0.3 is 47.6 Å². The minimum absolute atomic E-state index is 0.0799. The Morgan fingerprint density at radius 2 is 0.712 bits per heavy atom. The van der Waals surface area contributed by atoms with Crippen molar-refractivity contribution >= 4 is 23.9 Å². The van der Waals surface area contributed by atoms with E-state index >= 15 is 0 Å². The van der Waals surface area contributed by atoms with Crippen LogP contribution in [0.2, 0.25) is 0 Å². The standard InChI is InChI=1S/C39H42O6.C16H22F8O4/c1-5-27(3)37(40)44-25-23-42-31-19-15-29(16-20-31)39(35-13-9-7-11-33(35)34-12-8-10-14-36(34)39)30-17-21-32(22-18-30)43-24-26-45-38(41)28(4)6-2;1-5-9(3)11(25)27-7-13(17,18)15(21,22)16(23,24)14(19,20)8-28-12(26)10(4)6-2/h7-22,27-28H,5-6,23-26H2,1-4H3;9-10H,5-8H2,1-4H3. The van der Waals surface area contributed by atoms with Gasteiger partial charge in [-0.05, 0) is 83.3 Å². The van der Waals surface area contributed by atoms with E-state index < -0.39 is 66.1 Å². The number of hydrogen-bond donors (Lipinski definition) is 0. The summed E-state index contributed by atoms with van der Waals surface area (Å²) in [6.07, 6.45) is 1.66. The Morgan fingerprint density at radius 1 is 0.425 bits per heavy atom. The van der Waals surface area contributed by atoms with Crippen molar-refractivity contribution in [3.63, 3.8) is 0 Å². The van der Waals surface area contributed by atoms with Gasteiger partial charge in [0, 0.05) is 0 Å². The topological polar surface area (TPSA) is 124 Å². The molecular formula is C55H64F8O10. The van der Waals surface area contributed by atoms with Crippen molar-refractivity contribution in [1.29, 1.82) is 0 Å². The fourth-order valence-electron chi connectivity index (χ4n) is 7.43. The second-order valence-electron chi connectivity index (χ2n) is 17.9. The number of hydrogen-bond acceptors (Lipinski definition) is 10. The third kappa shape index (κ3) is 13.5. The minimum atomic E-state index is -6.61. The molecule has 1 aliphatic carbocycles. The maximum atomic E-state index is 13.6. The molecule has 400 valence electrons. The predicted molar refractivity (Wildman–Crippen MR) is 256 cm³/mol. The molecule has 5 rings (SSSR count). The zero-order chi connectivity index (χ0) is 54.4. The van der Waals surface area contributed by atoms with Gasteiger partial charge in [0.2, 0.25) is 0 Å². The number of carbonyl (C=O) groups is 4. The minimum Gasteiger partial charge on any atom is -0.490 e. The summed E-state index contributed by atoms with van der Waals surface area (Å²) < 4.78 is 139. The summed E-state index contributed by atoms with van der Waals surface area (Å²) in [5.41, 5.74) is 6.51. The van der Waals surface area contributed by atoms with Crippen LogP contribution >= 0.6 is 0 Å².